The molecule has 0 aromatic carbocycles. The molecule has 16 nitrogen and oxygen atoms in total. The van der Waals surface area contributed by atoms with E-state index in [4.69, 9.17) is 32.3 Å². The normalized spacial score (nSPS) is 14.3. The molecule has 0 aliphatic rings. The summed E-state index contributed by atoms with van der Waals surface area (Å²) >= 11 is 0. The molecule has 125 heavy (non-hydrogen) atoms. The number of hydrogen-bond acceptors (Lipinski definition) is 14. The maximum Gasteiger partial charge on any atom is 0.472 e. The van der Waals surface area contributed by atoms with Gasteiger partial charge in [-0.15, -0.1) is 0 Å². The smallest absolute Gasteiger partial charge is 0.463 e. The molecular formula is C107H186O16P2. The van der Waals surface area contributed by atoms with Crippen molar-refractivity contribution in [2.75, 3.05) is 39.6 Å². The minimum absolute atomic E-state index is 0.0911. The lowest BCUT2D eigenvalue weighted by molar-refractivity contribution is -0.161. The maximum absolute atomic E-state index is 13.1. The van der Waals surface area contributed by atoms with Crippen LogP contribution >= 0.6 is 15.6 Å². The number of carbonyl (C=O) groups excluding carboxylic acids is 3. The van der Waals surface area contributed by atoms with Gasteiger partial charge in [0.2, 0.25) is 0 Å². The average molecular weight is 1790 g/mol. The Balaban J connectivity index is 4.56. The van der Waals surface area contributed by atoms with Gasteiger partial charge >= 0.3 is 33.6 Å². The number of aliphatic hydroxyl groups excluding tert-OH is 2. The minimum Gasteiger partial charge on any atom is -0.463 e. The zero-order chi connectivity index (χ0) is 90.7. The van der Waals surface area contributed by atoms with Crippen molar-refractivity contribution in [3.8, 4) is 0 Å². The van der Waals surface area contributed by atoms with E-state index >= 15 is 0 Å². The minimum atomic E-state index is -4.95. The van der Waals surface area contributed by atoms with Crippen molar-refractivity contribution >= 4 is 33.6 Å². The highest BCUT2D eigenvalue weighted by Gasteiger charge is 2.30. The van der Waals surface area contributed by atoms with E-state index in [-0.39, 0.29) is 19.3 Å². The summed E-state index contributed by atoms with van der Waals surface area (Å²) in [7, 11) is -9.82. The molecule has 5 atom stereocenters. The van der Waals surface area contributed by atoms with Gasteiger partial charge < -0.3 is 34.2 Å². The Morgan fingerprint density at radius 1 is 0.232 bits per heavy atom. The summed E-state index contributed by atoms with van der Waals surface area (Å²) < 4.78 is 61.7. The Labute approximate surface area is 765 Å². The zero-order valence-corrected chi connectivity index (χ0v) is 81.5. The number of ether oxygens (including phenoxy) is 3. The molecule has 4 N–H and O–H groups in total. The molecule has 0 saturated carbocycles. The molecular weight excluding hydrogens is 1600 g/mol. The molecule has 0 heterocycles. The van der Waals surface area contributed by atoms with Crippen molar-refractivity contribution in [2.45, 2.75) is 463 Å². The predicted molar refractivity (Wildman–Crippen MR) is 528 cm³/mol. The van der Waals surface area contributed by atoms with E-state index in [0.717, 1.165) is 154 Å². The fraction of sp³-hybridized carbons (Fsp3) is 0.729. The van der Waals surface area contributed by atoms with E-state index in [2.05, 4.69) is 179 Å². The van der Waals surface area contributed by atoms with E-state index in [9.17, 15) is 43.5 Å². The van der Waals surface area contributed by atoms with E-state index in [1.807, 2.05) is 0 Å². The number of carbonyl (C=O) groups is 3. The maximum atomic E-state index is 13.1. The van der Waals surface area contributed by atoms with Crippen molar-refractivity contribution in [1.29, 1.82) is 0 Å². The lowest BCUT2D eigenvalue weighted by atomic mass is 10.0. The summed E-state index contributed by atoms with van der Waals surface area (Å²) in [5.41, 5.74) is 0. The van der Waals surface area contributed by atoms with E-state index in [1.165, 1.54) is 231 Å². The van der Waals surface area contributed by atoms with Gasteiger partial charge in [-0.3, -0.25) is 32.5 Å². The molecule has 0 radical (unpaired) electrons. The fourth-order valence-corrected chi connectivity index (χ4v) is 15.6. The Kier molecular flexibility index (Phi) is 94.4. The molecule has 0 fully saturated rings. The summed E-state index contributed by atoms with van der Waals surface area (Å²) in [6.07, 6.45) is 127. The van der Waals surface area contributed by atoms with Gasteiger partial charge in [0, 0.05) is 19.3 Å². The molecule has 0 saturated heterocycles. The summed E-state index contributed by atoms with van der Waals surface area (Å²) in [4.78, 5) is 59.2. The second kappa shape index (κ2) is 98.2. The molecule has 5 unspecified atom stereocenters. The van der Waals surface area contributed by atoms with Crippen LogP contribution in [-0.2, 0) is 55.8 Å². The third-order valence-electron chi connectivity index (χ3n) is 21.7. The SMILES string of the molecule is CC/C=C\C/C=C\C/C=C\C/C=C\C/C=C\CCCCCCCCCCCCCCCCCCCC(=O)OCC(O)COP(=O)(O)OCC(O)COP(=O)(O)OCC(COC(=O)CCCCCCCCCCCCCCCCCCC/C=C\C/C=C\C/C=C\C/C=C\CCCCC)OC(=O)CCCCCCCCC/C=C\C/C=C\C/C=C\C/C=C\CCCCC. The summed E-state index contributed by atoms with van der Waals surface area (Å²) in [5, 5.41) is 20.8. The highest BCUT2D eigenvalue weighted by molar-refractivity contribution is 7.47. The van der Waals surface area contributed by atoms with Crippen molar-refractivity contribution in [3.05, 3.63) is 158 Å². The zero-order valence-electron chi connectivity index (χ0n) is 79.7. The predicted octanol–water partition coefficient (Wildman–Crippen LogP) is 32.0. The molecule has 0 aliphatic heterocycles. The van der Waals surface area contributed by atoms with E-state index < -0.39 is 91.5 Å². The number of rotatable bonds is 96. The topological polar surface area (TPSA) is 231 Å². The molecule has 18 heteroatoms. The van der Waals surface area contributed by atoms with Crippen LogP contribution in [0.1, 0.15) is 445 Å². The van der Waals surface area contributed by atoms with Gasteiger partial charge in [0.15, 0.2) is 6.10 Å². The first-order chi connectivity index (χ1) is 61.2. The quantitative estimate of drug-likeness (QED) is 0.0146. The number of phosphoric acid groups is 2. The average Bonchev–Trinajstić information content (AvgIpc) is 0.904. The Morgan fingerprint density at radius 3 is 0.672 bits per heavy atom. The van der Waals surface area contributed by atoms with Crippen LogP contribution in [-0.4, -0.2) is 95.9 Å². The second-order valence-corrected chi connectivity index (χ2v) is 36.8. The highest BCUT2D eigenvalue weighted by Crippen LogP contribution is 2.45. The van der Waals surface area contributed by atoms with Gasteiger partial charge in [0.05, 0.1) is 26.4 Å². The Morgan fingerprint density at radius 2 is 0.424 bits per heavy atom. The monoisotopic (exact) mass is 1790 g/mol. The molecule has 0 aromatic rings. The number of unbranched alkanes of at least 4 members (excludes halogenated alkanes) is 47. The number of aliphatic hydroxyl groups is 2. The summed E-state index contributed by atoms with van der Waals surface area (Å²) in [5.74, 6) is -1.57. The van der Waals surface area contributed by atoms with Gasteiger partial charge in [0.1, 0.15) is 25.4 Å². The highest BCUT2D eigenvalue weighted by atomic mass is 31.2. The molecule has 0 bridgehead atoms. The van der Waals surface area contributed by atoms with Crippen molar-refractivity contribution in [3.63, 3.8) is 0 Å². The van der Waals surface area contributed by atoms with Crippen LogP contribution in [0.25, 0.3) is 0 Å². The van der Waals surface area contributed by atoms with Crippen LogP contribution in [0.5, 0.6) is 0 Å². The van der Waals surface area contributed by atoms with Crippen LogP contribution in [0.15, 0.2) is 158 Å². The second-order valence-electron chi connectivity index (χ2n) is 33.9. The Hall–Kier alpha value is -4.83. The van der Waals surface area contributed by atoms with Gasteiger partial charge in [0.25, 0.3) is 0 Å². The molecule has 720 valence electrons. The van der Waals surface area contributed by atoms with E-state index in [0.29, 0.717) is 19.3 Å². The van der Waals surface area contributed by atoms with Gasteiger partial charge in [-0.05, 0) is 154 Å². The number of esters is 3. The summed E-state index contributed by atoms with van der Waals surface area (Å²) in [6.45, 7) is 2.58. The standard InChI is InChI=1S/C107H186O16P2/c1-4-7-10-13-16-19-22-25-28-31-34-37-40-42-44-46-48-50-52-54-56-58-61-63-66-69-72-75-78-81-84-87-90-93-105(110)117-96-102(108)97-119-124(113,114)120-98-103(109)99-121-125(115,116)122-101-104(123-107(112)95-92-89-86-83-80-77-74-71-68-65-60-39-36-33-30-27-24-21-18-15-12-9-6-3)100-118-106(111)94-91-88-85-82-79-76-73-70-67-64-62-59-57-55-53-51-49-47-45-43-41-38-35-32-29-26-23-20-17-14-11-8-5-2/h7,10,16-21,25-30,34-39,42-45,65,68,102-104,108-109H,4-6,8-9,11-15,22-24,31-33,40-41,46-64,66-67,69-101H2,1-3H3,(H,113,114)(H,115,116)/b10-7-,19-16-,20-17-,21-18-,28-25-,29-26-,30-27-,37-34-,38-35-,39-36-,44-42-,45-43-,68-65-. The van der Waals surface area contributed by atoms with Crippen LogP contribution < -0.4 is 0 Å². The van der Waals surface area contributed by atoms with E-state index in [1.54, 1.807) is 0 Å². The van der Waals surface area contributed by atoms with Crippen molar-refractivity contribution in [2.24, 2.45) is 0 Å². The third kappa shape index (κ3) is 99.6. The van der Waals surface area contributed by atoms with Gasteiger partial charge in [-0.2, -0.15) is 0 Å². The van der Waals surface area contributed by atoms with Gasteiger partial charge in [-0.1, -0.05) is 429 Å². The Bertz CT molecular complexity index is 2900. The lowest BCUT2D eigenvalue weighted by Crippen LogP contribution is -2.30. The van der Waals surface area contributed by atoms with Crippen LogP contribution in [0, 0.1) is 0 Å². The summed E-state index contributed by atoms with van der Waals surface area (Å²) in [6, 6.07) is 0. The molecule has 0 aliphatic carbocycles. The molecule has 0 amide bonds. The van der Waals surface area contributed by atoms with Crippen LogP contribution in [0.2, 0.25) is 0 Å². The lowest BCUT2D eigenvalue weighted by Gasteiger charge is -2.21. The number of hydrogen-bond donors (Lipinski definition) is 4. The first-order valence-electron chi connectivity index (χ1n) is 50.8. The van der Waals surface area contributed by atoms with Gasteiger partial charge in [-0.25, -0.2) is 9.13 Å². The molecule has 0 rings (SSSR count). The number of allylic oxidation sites excluding steroid dienone is 26. The first-order valence-corrected chi connectivity index (χ1v) is 53.8. The fourth-order valence-electron chi connectivity index (χ4n) is 14.0. The van der Waals surface area contributed by atoms with Crippen LogP contribution in [0.4, 0.5) is 0 Å². The largest absolute Gasteiger partial charge is 0.472 e. The van der Waals surface area contributed by atoms with Crippen LogP contribution in [0.3, 0.4) is 0 Å². The molecule has 0 spiro atoms. The van der Waals surface area contributed by atoms with Crippen molar-refractivity contribution in [1.82, 2.24) is 0 Å². The molecule has 0 aromatic heterocycles. The first kappa shape index (κ1) is 120. The third-order valence-corrected chi connectivity index (χ3v) is 23.6. The number of phosphoric ester groups is 2. The van der Waals surface area contributed by atoms with Crippen molar-refractivity contribution < 1.29 is 75.8 Å².